The Kier molecular flexibility index (Phi) is 6.06. The number of imide groups is 1. The quantitative estimate of drug-likeness (QED) is 0.714. The second kappa shape index (κ2) is 7.85. The molecule has 3 amide bonds. The van der Waals surface area contributed by atoms with Crippen molar-refractivity contribution in [1.29, 1.82) is 0 Å². The number of rotatable bonds is 4. The van der Waals surface area contributed by atoms with Gasteiger partial charge in [-0.2, -0.15) is 0 Å². The molecule has 1 aromatic carbocycles. The first-order valence-corrected chi connectivity index (χ1v) is 9.37. The highest BCUT2D eigenvalue weighted by Crippen LogP contribution is 2.27. The third-order valence-corrected chi connectivity index (χ3v) is 4.16. The van der Waals surface area contributed by atoms with Crippen LogP contribution in [0.1, 0.15) is 68.7 Å². The van der Waals surface area contributed by atoms with Crippen LogP contribution in [0.2, 0.25) is 0 Å². The highest BCUT2D eigenvalue weighted by atomic mass is 16.7. The second-order valence-electron chi connectivity index (χ2n) is 9.23. The van der Waals surface area contributed by atoms with Crippen LogP contribution in [0.3, 0.4) is 0 Å². The lowest BCUT2D eigenvalue weighted by Gasteiger charge is -2.33. The molecule has 0 N–H and O–H groups in total. The fraction of sp³-hybridized carbons (Fsp3) is 0.524. The molecule has 0 radical (unpaired) electrons. The molecule has 0 saturated heterocycles. The normalized spacial score (nSPS) is 15.1. The summed E-state index contributed by atoms with van der Waals surface area (Å²) in [5, 5.41) is 0.450. The Morgan fingerprint density at radius 1 is 1.00 bits per heavy atom. The van der Waals surface area contributed by atoms with Gasteiger partial charge in [0.15, 0.2) is 0 Å². The van der Waals surface area contributed by atoms with Gasteiger partial charge >= 0.3 is 12.1 Å². The summed E-state index contributed by atoms with van der Waals surface area (Å²) in [4.78, 5) is 56.6. The number of amides is 3. The van der Waals surface area contributed by atoms with E-state index in [1.165, 1.54) is 19.2 Å². The highest BCUT2D eigenvalue weighted by molar-refractivity contribution is 6.20. The predicted molar refractivity (Wildman–Crippen MR) is 105 cm³/mol. The fourth-order valence-corrected chi connectivity index (χ4v) is 2.82. The van der Waals surface area contributed by atoms with Crippen LogP contribution in [0.15, 0.2) is 24.3 Å². The number of nitrogens with zero attached hydrogens (tertiary/aromatic N) is 2. The lowest BCUT2D eigenvalue weighted by Crippen LogP contribution is -2.49. The summed E-state index contributed by atoms with van der Waals surface area (Å²) in [5.74, 6) is -2.32. The average Bonchev–Trinajstić information content (AvgIpc) is 2.82. The van der Waals surface area contributed by atoms with Gasteiger partial charge < -0.3 is 9.57 Å². The Morgan fingerprint density at radius 2 is 1.48 bits per heavy atom. The highest BCUT2D eigenvalue weighted by Gasteiger charge is 2.42. The van der Waals surface area contributed by atoms with E-state index in [9.17, 15) is 19.2 Å². The predicted octanol–water partition coefficient (Wildman–Crippen LogP) is 3.41. The van der Waals surface area contributed by atoms with Gasteiger partial charge in [0, 0.05) is 7.05 Å². The Labute approximate surface area is 170 Å². The second-order valence-corrected chi connectivity index (χ2v) is 9.23. The first-order valence-electron chi connectivity index (χ1n) is 9.37. The van der Waals surface area contributed by atoms with Crippen molar-refractivity contribution in [3.8, 4) is 0 Å². The first-order chi connectivity index (χ1) is 13.2. The molecule has 0 fully saturated rings. The summed E-state index contributed by atoms with van der Waals surface area (Å²) in [5.41, 5.74) is -0.761. The topological polar surface area (TPSA) is 93.2 Å². The zero-order valence-electron chi connectivity index (χ0n) is 17.9. The van der Waals surface area contributed by atoms with Crippen LogP contribution in [0, 0.1) is 5.41 Å². The van der Waals surface area contributed by atoms with Crippen LogP contribution in [-0.4, -0.2) is 52.5 Å². The molecule has 158 valence electrons. The minimum Gasteiger partial charge on any atom is -0.444 e. The van der Waals surface area contributed by atoms with Crippen LogP contribution in [0.4, 0.5) is 4.79 Å². The number of hydroxylamine groups is 2. The number of benzene rings is 1. The van der Waals surface area contributed by atoms with Crippen molar-refractivity contribution in [3.63, 3.8) is 0 Å². The monoisotopic (exact) mass is 404 g/mol. The van der Waals surface area contributed by atoms with Crippen molar-refractivity contribution >= 4 is 23.9 Å². The maximum absolute atomic E-state index is 12.9. The molecule has 0 spiro atoms. The zero-order valence-corrected chi connectivity index (χ0v) is 17.9. The number of carbonyl (C=O) groups excluding carboxylic acids is 4. The number of fused-ring (bicyclic) bond motifs is 1. The van der Waals surface area contributed by atoms with E-state index in [1.54, 1.807) is 32.9 Å². The summed E-state index contributed by atoms with van der Waals surface area (Å²) in [6.07, 6.45) is -0.462. The van der Waals surface area contributed by atoms with Crippen molar-refractivity contribution in [2.75, 3.05) is 7.05 Å². The van der Waals surface area contributed by atoms with Gasteiger partial charge in [-0.25, -0.2) is 9.59 Å². The fourth-order valence-electron chi connectivity index (χ4n) is 2.82. The van der Waals surface area contributed by atoms with E-state index in [0.29, 0.717) is 5.06 Å². The number of likely N-dealkylation sites (N-methyl/N-ethyl adjacent to an activating group) is 1. The van der Waals surface area contributed by atoms with E-state index >= 15 is 0 Å². The molecule has 1 aromatic rings. The van der Waals surface area contributed by atoms with E-state index in [1.807, 2.05) is 20.8 Å². The van der Waals surface area contributed by atoms with Gasteiger partial charge in [-0.3, -0.25) is 14.5 Å². The maximum Gasteiger partial charge on any atom is 0.410 e. The standard InChI is InChI=1S/C21H28N2O6/c1-20(2,3)12-15(22(7)19(27)28-21(4,5)6)18(26)29-23-16(24)13-10-8-9-11-14(13)17(23)25/h8-11,15H,12H2,1-7H3. The van der Waals surface area contributed by atoms with Gasteiger partial charge in [-0.15, -0.1) is 0 Å². The van der Waals surface area contributed by atoms with Crippen molar-refractivity contribution in [3.05, 3.63) is 35.4 Å². The van der Waals surface area contributed by atoms with Crippen molar-refractivity contribution in [1.82, 2.24) is 9.96 Å². The molecule has 0 saturated carbocycles. The Morgan fingerprint density at radius 3 is 1.90 bits per heavy atom. The van der Waals surface area contributed by atoms with Crippen molar-refractivity contribution in [2.24, 2.45) is 5.41 Å². The van der Waals surface area contributed by atoms with Crippen LogP contribution in [0.5, 0.6) is 0 Å². The van der Waals surface area contributed by atoms with Crippen molar-refractivity contribution in [2.45, 2.75) is 59.6 Å². The van der Waals surface area contributed by atoms with Gasteiger partial charge in [0.1, 0.15) is 11.6 Å². The maximum atomic E-state index is 12.9. The lowest BCUT2D eigenvalue weighted by molar-refractivity contribution is -0.175. The van der Waals surface area contributed by atoms with Crippen LogP contribution in [0.25, 0.3) is 0 Å². The molecular weight excluding hydrogens is 376 g/mol. The van der Waals surface area contributed by atoms with Crippen molar-refractivity contribution < 1.29 is 28.8 Å². The molecule has 29 heavy (non-hydrogen) atoms. The minimum absolute atomic E-state index is 0.165. The summed E-state index contributed by atoms with van der Waals surface area (Å²) < 4.78 is 5.34. The van der Waals surface area contributed by atoms with E-state index in [0.717, 1.165) is 4.90 Å². The average molecular weight is 404 g/mol. The number of ether oxygens (including phenoxy) is 1. The number of hydrogen-bond acceptors (Lipinski definition) is 6. The molecule has 0 aromatic heterocycles. The molecule has 1 aliphatic rings. The van der Waals surface area contributed by atoms with E-state index < -0.39 is 35.5 Å². The van der Waals surface area contributed by atoms with Gasteiger partial charge in [0.25, 0.3) is 11.8 Å². The molecule has 8 heteroatoms. The van der Waals surface area contributed by atoms with E-state index in [2.05, 4.69) is 0 Å². The third-order valence-electron chi connectivity index (χ3n) is 4.16. The first kappa shape index (κ1) is 22.4. The van der Waals surface area contributed by atoms with E-state index in [4.69, 9.17) is 9.57 Å². The minimum atomic E-state index is -1.05. The lowest BCUT2D eigenvalue weighted by atomic mass is 9.87. The van der Waals surface area contributed by atoms with Crippen LogP contribution < -0.4 is 0 Å². The largest absolute Gasteiger partial charge is 0.444 e. The summed E-state index contributed by atoms with van der Waals surface area (Å²) >= 11 is 0. The van der Waals surface area contributed by atoms with Crippen LogP contribution in [-0.2, 0) is 14.4 Å². The van der Waals surface area contributed by atoms with Gasteiger partial charge in [-0.05, 0) is 44.7 Å². The number of carbonyl (C=O) groups is 4. The zero-order chi connectivity index (χ0) is 22.1. The molecule has 1 aliphatic heterocycles. The molecular formula is C21H28N2O6. The third kappa shape index (κ3) is 5.34. The molecule has 2 rings (SSSR count). The van der Waals surface area contributed by atoms with Gasteiger partial charge in [0.2, 0.25) is 0 Å². The molecule has 1 heterocycles. The molecule has 8 nitrogen and oxygen atoms in total. The molecule has 0 bridgehead atoms. The summed E-state index contributed by atoms with van der Waals surface area (Å²) in [6.45, 7) is 10.9. The van der Waals surface area contributed by atoms with Gasteiger partial charge in [0.05, 0.1) is 11.1 Å². The summed E-state index contributed by atoms with van der Waals surface area (Å²) in [6, 6.07) is 5.17. The summed E-state index contributed by atoms with van der Waals surface area (Å²) in [7, 11) is 1.42. The van der Waals surface area contributed by atoms with Gasteiger partial charge in [-0.1, -0.05) is 38.0 Å². The Balaban J connectivity index is 2.23. The smallest absolute Gasteiger partial charge is 0.410 e. The van der Waals surface area contributed by atoms with Crippen LogP contribution >= 0.6 is 0 Å². The number of hydrogen-bond donors (Lipinski definition) is 0. The molecule has 1 atom stereocenters. The Bertz CT molecular complexity index is 799. The molecule has 1 unspecified atom stereocenters. The SMILES string of the molecule is CN(C(=O)OC(C)(C)C)C(CC(C)(C)C)C(=O)ON1C(=O)c2ccccc2C1=O. The van der Waals surface area contributed by atoms with E-state index in [-0.39, 0.29) is 23.0 Å². The Hall–Kier alpha value is -2.90. The molecule has 0 aliphatic carbocycles.